The molecule has 3 rings (SSSR count). The highest BCUT2D eigenvalue weighted by molar-refractivity contribution is 5.70. The molecule has 0 saturated carbocycles. The van der Waals surface area contributed by atoms with Crippen molar-refractivity contribution in [3.8, 4) is 0 Å². The molecule has 0 aromatic carbocycles. The molecular formula is C21H34N4O10. The molecule has 4 atom stereocenters. The fourth-order valence-corrected chi connectivity index (χ4v) is 5.61. The van der Waals surface area contributed by atoms with Gasteiger partial charge in [0.1, 0.15) is 0 Å². The van der Waals surface area contributed by atoms with Crippen LogP contribution < -0.4 is 0 Å². The van der Waals surface area contributed by atoms with E-state index >= 15 is 0 Å². The Labute approximate surface area is 202 Å². The number of morpholine rings is 1. The Morgan fingerprint density at radius 1 is 0.600 bits per heavy atom. The third-order valence-corrected chi connectivity index (χ3v) is 6.81. The third kappa shape index (κ3) is 7.81. The predicted octanol–water partition coefficient (Wildman–Crippen LogP) is -2.79. The number of aliphatic hydroxyl groups excluding tert-OH is 1. The van der Waals surface area contributed by atoms with Crippen molar-refractivity contribution in [2.24, 2.45) is 0 Å². The lowest BCUT2D eigenvalue weighted by Gasteiger charge is -2.49. The monoisotopic (exact) mass is 502 g/mol. The fraction of sp³-hybridized carbons (Fsp3) is 0.810. The summed E-state index contributed by atoms with van der Waals surface area (Å²) in [5.41, 5.74) is 0. The lowest BCUT2D eigenvalue weighted by atomic mass is 9.91. The van der Waals surface area contributed by atoms with E-state index in [-0.39, 0.29) is 78.4 Å². The van der Waals surface area contributed by atoms with Crippen LogP contribution in [-0.2, 0) is 23.9 Å². The Morgan fingerprint density at radius 3 is 1.31 bits per heavy atom. The van der Waals surface area contributed by atoms with Crippen LogP contribution in [0.4, 0.5) is 0 Å². The molecule has 3 aliphatic heterocycles. The summed E-state index contributed by atoms with van der Waals surface area (Å²) < 4.78 is 5.73. The summed E-state index contributed by atoms with van der Waals surface area (Å²) >= 11 is 0. The first-order chi connectivity index (χ1) is 16.5. The van der Waals surface area contributed by atoms with E-state index in [1.165, 1.54) is 0 Å². The lowest BCUT2D eigenvalue weighted by Crippen LogP contribution is -2.65. The van der Waals surface area contributed by atoms with Crippen LogP contribution in [0.2, 0.25) is 0 Å². The topological polar surface area (TPSA) is 192 Å². The van der Waals surface area contributed by atoms with Crippen LogP contribution in [-0.4, -0.2) is 165 Å². The molecule has 4 bridgehead atoms. The summed E-state index contributed by atoms with van der Waals surface area (Å²) in [7, 11) is 0. The van der Waals surface area contributed by atoms with Gasteiger partial charge in [-0.05, 0) is 12.8 Å². The molecule has 3 heterocycles. The van der Waals surface area contributed by atoms with Crippen LogP contribution in [0.25, 0.3) is 0 Å². The summed E-state index contributed by atoms with van der Waals surface area (Å²) in [4.78, 5) is 53.3. The molecule has 0 aromatic rings. The van der Waals surface area contributed by atoms with Gasteiger partial charge in [-0.2, -0.15) is 0 Å². The van der Waals surface area contributed by atoms with Crippen LogP contribution in [0, 0.1) is 0 Å². The Hall–Kier alpha value is -2.36. The van der Waals surface area contributed by atoms with Gasteiger partial charge in [0.25, 0.3) is 0 Å². The van der Waals surface area contributed by atoms with Gasteiger partial charge in [-0.1, -0.05) is 0 Å². The molecule has 0 radical (unpaired) electrons. The van der Waals surface area contributed by atoms with Crippen LogP contribution in [0.5, 0.6) is 0 Å². The number of rotatable bonds is 8. The number of hydrogen-bond donors (Lipinski definition) is 5. The second-order valence-corrected chi connectivity index (χ2v) is 9.59. The Kier molecular flexibility index (Phi) is 9.38. The molecule has 3 saturated heterocycles. The molecule has 3 aliphatic rings. The SMILES string of the molecule is O=C(O)CN1CC2COCC(CN(CC(=O)O)CC3CC(O)CC(C1)N3CC(=O)O)N2CC(=O)O. The van der Waals surface area contributed by atoms with Gasteiger partial charge in [-0.25, -0.2) is 0 Å². The van der Waals surface area contributed by atoms with E-state index in [1.807, 2.05) is 0 Å². The van der Waals surface area contributed by atoms with E-state index in [2.05, 4.69) is 0 Å². The minimum Gasteiger partial charge on any atom is -0.480 e. The quantitative estimate of drug-likeness (QED) is 0.229. The van der Waals surface area contributed by atoms with Crippen LogP contribution in [0.15, 0.2) is 0 Å². The van der Waals surface area contributed by atoms with Crippen molar-refractivity contribution in [1.29, 1.82) is 0 Å². The van der Waals surface area contributed by atoms with Gasteiger partial charge in [-0.3, -0.25) is 38.8 Å². The van der Waals surface area contributed by atoms with Crippen molar-refractivity contribution in [3.05, 3.63) is 0 Å². The molecule has 0 aromatic heterocycles. The van der Waals surface area contributed by atoms with E-state index in [1.54, 1.807) is 19.6 Å². The Bertz CT molecular complexity index is 752. The molecule has 14 nitrogen and oxygen atoms in total. The highest BCUT2D eigenvalue weighted by atomic mass is 16.5. The van der Waals surface area contributed by atoms with Crippen LogP contribution in [0.3, 0.4) is 0 Å². The summed E-state index contributed by atoms with van der Waals surface area (Å²) in [6.45, 7) is -0.358. The number of aliphatic carboxylic acids is 4. The standard InChI is InChI=1S/C21H34N4O10/c26-17-1-13-3-22(7-18(27)28)5-15-11-35-12-16(25(15)10-21(33)34)6-23(8-19(29)30)4-14(2-17)24(13)9-20(31)32/h13-17,26H,1-12H2,(H,27,28)(H,29,30)(H,31,32)(H,33,34). The number of carboxylic acids is 4. The van der Waals surface area contributed by atoms with Crippen molar-refractivity contribution in [2.75, 3.05) is 65.6 Å². The summed E-state index contributed by atoms with van der Waals surface area (Å²) in [5, 5.41) is 48.6. The number of piperidine rings is 1. The van der Waals surface area contributed by atoms with E-state index < -0.39 is 54.1 Å². The molecule has 198 valence electrons. The molecule has 4 unspecified atom stereocenters. The van der Waals surface area contributed by atoms with Gasteiger partial charge in [0.2, 0.25) is 0 Å². The van der Waals surface area contributed by atoms with Crippen molar-refractivity contribution in [3.63, 3.8) is 0 Å². The zero-order chi connectivity index (χ0) is 25.7. The number of fused-ring (bicyclic) bond motifs is 4. The first kappa shape index (κ1) is 27.2. The van der Waals surface area contributed by atoms with E-state index in [4.69, 9.17) is 4.74 Å². The lowest BCUT2D eigenvalue weighted by molar-refractivity contribution is -0.149. The average Bonchev–Trinajstić information content (AvgIpc) is 2.70. The second kappa shape index (κ2) is 12.1. The van der Waals surface area contributed by atoms with Crippen LogP contribution in [0.1, 0.15) is 12.8 Å². The Morgan fingerprint density at radius 2 is 0.943 bits per heavy atom. The van der Waals surface area contributed by atoms with Crippen LogP contribution >= 0.6 is 0 Å². The number of carboxylic acid groups (broad SMARTS) is 4. The maximum atomic E-state index is 11.7. The van der Waals surface area contributed by atoms with E-state index in [9.17, 15) is 44.7 Å². The highest BCUT2D eigenvalue weighted by Crippen LogP contribution is 2.27. The van der Waals surface area contributed by atoms with Gasteiger partial charge >= 0.3 is 23.9 Å². The van der Waals surface area contributed by atoms with E-state index in [0.29, 0.717) is 0 Å². The van der Waals surface area contributed by atoms with Crippen molar-refractivity contribution >= 4 is 23.9 Å². The summed E-state index contributed by atoms with van der Waals surface area (Å²) in [6, 6.07) is -1.91. The molecule has 5 N–H and O–H groups in total. The maximum Gasteiger partial charge on any atom is 0.317 e. The smallest absolute Gasteiger partial charge is 0.317 e. The van der Waals surface area contributed by atoms with Crippen molar-refractivity contribution in [2.45, 2.75) is 43.1 Å². The van der Waals surface area contributed by atoms with Gasteiger partial charge in [0.05, 0.1) is 45.5 Å². The largest absolute Gasteiger partial charge is 0.480 e. The number of carbonyl (C=O) groups is 4. The molecule has 35 heavy (non-hydrogen) atoms. The fourth-order valence-electron chi connectivity index (χ4n) is 5.61. The van der Waals surface area contributed by atoms with Crippen molar-refractivity contribution in [1.82, 2.24) is 19.6 Å². The maximum absolute atomic E-state index is 11.7. The minimum atomic E-state index is -1.08. The highest BCUT2D eigenvalue weighted by Gasteiger charge is 2.41. The van der Waals surface area contributed by atoms with Gasteiger partial charge < -0.3 is 30.3 Å². The predicted molar refractivity (Wildman–Crippen MR) is 118 cm³/mol. The Balaban J connectivity index is 2.00. The number of nitrogens with zero attached hydrogens (tertiary/aromatic N) is 4. The average molecular weight is 503 g/mol. The number of ether oxygens (including phenoxy) is 1. The normalized spacial score (nSPS) is 31.7. The minimum absolute atomic E-state index is 0.147. The van der Waals surface area contributed by atoms with Gasteiger partial charge in [0, 0.05) is 50.3 Å². The number of aliphatic hydroxyl groups is 1. The molecule has 14 heteroatoms. The number of hydrogen-bond acceptors (Lipinski definition) is 10. The summed E-state index contributed by atoms with van der Waals surface area (Å²) in [5.74, 6) is -4.30. The van der Waals surface area contributed by atoms with Crippen molar-refractivity contribution < 1.29 is 49.4 Å². The summed E-state index contributed by atoms with van der Waals surface area (Å²) in [6.07, 6.45) is -0.272. The first-order valence-corrected chi connectivity index (χ1v) is 11.6. The van der Waals surface area contributed by atoms with Gasteiger partial charge in [-0.15, -0.1) is 0 Å². The third-order valence-electron chi connectivity index (χ3n) is 6.81. The molecule has 0 spiro atoms. The molecule has 0 amide bonds. The molecule has 0 aliphatic carbocycles. The van der Waals surface area contributed by atoms with E-state index in [0.717, 1.165) is 0 Å². The molecular weight excluding hydrogens is 468 g/mol. The molecule has 3 fully saturated rings. The zero-order valence-corrected chi connectivity index (χ0v) is 19.4. The first-order valence-electron chi connectivity index (χ1n) is 11.6. The zero-order valence-electron chi connectivity index (χ0n) is 19.4. The van der Waals surface area contributed by atoms with Gasteiger partial charge in [0.15, 0.2) is 0 Å². The second-order valence-electron chi connectivity index (χ2n) is 9.59.